The van der Waals surface area contributed by atoms with Crippen LogP contribution in [0.3, 0.4) is 0 Å². The summed E-state index contributed by atoms with van der Waals surface area (Å²) in [5.41, 5.74) is -1.11. The molecule has 0 amide bonds. The molecule has 0 bridgehead atoms. The predicted molar refractivity (Wildman–Crippen MR) is 62.1 cm³/mol. The molecule has 0 spiro atoms. The Morgan fingerprint density at radius 2 is 2.21 bits per heavy atom. The number of hydrogen-bond acceptors (Lipinski definition) is 5. The van der Waals surface area contributed by atoms with Crippen molar-refractivity contribution in [3.05, 3.63) is 62.5 Å². The maximum Gasteiger partial charge on any atom is 0.372 e. The average Bonchev–Trinajstić information content (AvgIpc) is 2.79. The molecule has 0 radical (unpaired) electrons. The Bertz CT molecular complexity index is 699. The van der Waals surface area contributed by atoms with Crippen LogP contribution in [0.5, 0.6) is 0 Å². The zero-order valence-corrected chi connectivity index (χ0v) is 9.48. The Balaban J connectivity index is 2.42. The molecule has 0 aliphatic rings. The van der Waals surface area contributed by atoms with E-state index in [2.05, 4.69) is 0 Å². The standard InChI is InChI=1S/C11H8N2O6/c14-10-8(13(17)18)2-1-4-12(10)6-7-3-5-19-9(7)11(15)16/h1-5H,6H2,(H,15,16). The largest absolute Gasteiger partial charge is 0.475 e. The number of aromatic nitrogens is 1. The molecule has 0 saturated heterocycles. The van der Waals surface area contributed by atoms with Gasteiger partial charge in [-0.1, -0.05) is 0 Å². The van der Waals surface area contributed by atoms with Crippen LogP contribution in [0.4, 0.5) is 5.69 Å². The number of rotatable bonds is 4. The second-order valence-corrected chi connectivity index (χ2v) is 3.66. The second-order valence-electron chi connectivity index (χ2n) is 3.66. The molecule has 0 aliphatic heterocycles. The number of carboxylic acid groups (broad SMARTS) is 1. The molecule has 0 unspecified atom stereocenters. The van der Waals surface area contributed by atoms with Crippen LogP contribution in [0.25, 0.3) is 0 Å². The van der Waals surface area contributed by atoms with Gasteiger partial charge in [0.1, 0.15) is 0 Å². The van der Waals surface area contributed by atoms with Crippen molar-refractivity contribution in [3.8, 4) is 0 Å². The zero-order chi connectivity index (χ0) is 14.0. The van der Waals surface area contributed by atoms with E-state index in [0.717, 1.165) is 10.6 Å². The zero-order valence-electron chi connectivity index (χ0n) is 9.48. The summed E-state index contributed by atoms with van der Waals surface area (Å²) in [7, 11) is 0. The van der Waals surface area contributed by atoms with E-state index in [9.17, 15) is 19.7 Å². The van der Waals surface area contributed by atoms with Gasteiger partial charge in [-0.05, 0) is 12.1 Å². The van der Waals surface area contributed by atoms with Gasteiger partial charge in [0.15, 0.2) is 0 Å². The maximum atomic E-state index is 11.8. The summed E-state index contributed by atoms with van der Waals surface area (Å²) in [6, 6.07) is 3.83. The summed E-state index contributed by atoms with van der Waals surface area (Å²) in [4.78, 5) is 32.5. The highest BCUT2D eigenvalue weighted by Gasteiger charge is 2.17. The molecule has 98 valence electrons. The Labute approximate surface area is 105 Å². The van der Waals surface area contributed by atoms with Crippen molar-refractivity contribution in [3.63, 3.8) is 0 Å². The van der Waals surface area contributed by atoms with Crippen molar-refractivity contribution < 1.29 is 19.2 Å². The predicted octanol–water partition coefficient (Wildman–Crippen LogP) is 1.10. The Morgan fingerprint density at radius 3 is 2.84 bits per heavy atom. The van der Waals surface area contributed by atoms with Crippen LogP contribution in [0.1, 0.15) is 16.1 Å². The highest BCUT2D eigenvalue weighted by atomic mass is 16.6. The summed E-state index contributed by atoms with van der Waals surface area (Å²) in [5.74, 6) is -1.56. The average molecular weight is 264 g/mol. The molecule has 8 nitrogen and oxygen atoms in total. The second kappa shape index (κ2) is 4.77. The number of nitro groups is 1. The molecule has 1 N–H and O–H groups in total. The van der Waals surface area contributed by atoms with E-state index >= 15 is 0 Å². The fourth-order valence-corrected chi connectivity index (χ4v) is 1.62. The smallest absolute Gasteiger partial charge is 0.372 e. The monoisotopic (exact) mass is 264 g/mol. The number of pyridine rings is 1. The molecular formula is C11H8N2O6. The molecular weight excluding hydrogens is 256 g/mol. The number of hydrogen-bond donors (Lipinski definition) is 1. The Kier molecular flexibility index (Phi) is 3.15. The van der Waals surface area contributed by atoms with Gasteiger partial charge in [-0.25, -0.2) is 4.79 Å². The lowest BCUT2D eigenvalue weighted by Gasteiger charge is -2.03. The normalized spacial score (nSPS) is 10.3. The lowest BCUT2D eigenvalue weighted by molar-refractivity contribution is -0.386. The van der Waals surface area contributed by atoms with E-state index in [4.69, 9.17) is 9.52 Å². The fourth-order valence-electron chi connectivity index (χ4n) is 1.62. The molecule has 19 heavy (non-hydrogen) atoms. The van der Waals surface area contributed by atoms with Gasteiger partial charge in [0.05, 0.1) is 17.7 Å². The van der Waals surface area contributed by atoms with Gasteiger partial charge in [0.2, 0.25) is 5.76 Å². The molecule has 0 atom stereocenters. The van der Waals surface area contributed by atoms with Crippen LogP contribution in [0.15, 0.2) is 39.9 Å². The first kappa shape index (κ1) is 12.6. The quantitative estimate of drug-likeness (QED) is 0.652. The summed E-state index contributed by atoms with van der Waals surface area (Å²) >= 11 is 0. The van der Waals surface area contributed by atoms with E-state index in [1.54, 1.807) is 0 Å². The van der Waals surface area contributed by atoms with Crippen molar-refractivity contribution in [1.29, 1.82) is 0 Å². The highest BCUT2D eigenvalue weighted by molar-refractivity contribution is 5.86. The molecule has 0 aromatic carbocycles. The number of furan rings is 1. The van der Waals surface area contributed by atoms with Crippen molar-refractivity contribution in [1.82, 2.24) is 4.57 Å². The summed E-state index contributed by atoms with van der Waals surface area (Å²) in [6.07, 6.45) is 2.52. The molecule has 0 saturated carbocycles. The van der Waals surface area contributed by atoms with Crippen LogP contribution < -0.4 is 5.56 Å². The van der Waals surface area contributed by atoms with E-state index < -0.39 is 22.1 Å². The number of carbonyl (C=O) groups is 1. The van der Waals surface area contributed by atoms with Gasteiger partial charge in [-0.15, -0.1) is 0 Å². The topological polar surface area (TPSA) is 116 Å². The van der Waals surface area contributed by atoms with E-state index in [1.807, 2.05) is 0 Å². The lowest BCUT2D eigenvalue weighted by atomic mass is 10.2. The van der Waals surface area contributed by atoms with Crippen molar-refractivity contribution in [2.24, 2.45) is 0 Å². The summed E-state index contributed by atoms with van der Waals surface area (Å²) in [6.45, 7) is -0.112. The minimum Gasteiger partial charge on any atom is -0.475 e. The first-order valence-electron chi connectivity index (χ1n) is 5.14. The number of aromatic carboxylic acids is 1. The first-order chi connectivity index (χ1) is 9.00. The minimum absolute atomic E-state index is 0.112. The molecule has 0 fully saturated rings. The first-order valence-corrected chi connectivity index (χ1v) is 5.14. The lowest BCUT2D eigenvalue weighted by Crippen LogP contribution is -2.22. The van der Waals surface area contributed by atoms with Gasteiger partial charge in [0, 0.05) is 17.8 Å². The highest BCUT2D eigenvalue weighted by Crippen LogP contribution is 2.12. The van der Waals surface area contributed by atoms with E-state index in [0.29, 0.717) is 0 Å². The van der Waals surface area contributed by atoms with Crippen molar-refractivity contribution >= 4 is 11.7 Å². The van der Waals surface area contributed by atoms with E-state index in [-0.39, 0.29) is 17.9 Å². The molecule has 2 aromatic rings. The Hall–Kier alpha value is -2.90. The summed E-state index contributed by atoms with van der Waals surface area (Å²) < 4.78 is 5.82. The molecule has 0 aliphatic carbocycles. The number of carboxylic acids is 1. The third-order valence-electron chi connectivity index (χ3n) is 2.48. The van der Waals surface area contributed by atoms with Crippen LogP contribution in [-0.2, 0) is 6.54 Å². The third-order valence-corrected chi connectivity index (χ3v) is 2.48. The van der Waals surface area contributed by atoms with E-state index in [1.165, 1.54) is 24.6 Å². The Morgan fingerprint density at radius 1 is 1.47 bits per heavy atom. The molecule has 2 aromatic heterocycles. The van der Waals surface area contributed by atoms with Crippen LogP contribution in [0, 0.1) is 10.1 Å². The van der Waals surface area contributed by atoms with Gasteiger partial charge in [-0.2, -0.15) is 0 Å². The van der Waals surface area contributed by atoms with Crippen LogP contribution >= 0.6 is 0 Å². The summed E-state index contributed by atoms with van der Waals surface area (Å²) in [5, 5.41) is 19.5. The molecule has 8 heteroatoms. The van der Waals surface area contributed by atoms with Crippen LogP contribution in [-0.4, -0.2) is 20.6 Å². The maximum absolute atomic E-state index is 11.8. The SMILES string of the molecule is O=C(O)c1occc1Cn1cccc([N+](=O)[O-])c1=O. The van der Waals surface area contributed by atoms with Crippen molar-refractivity contribution in [2.45, 2.75) is 6.54 Å². The van der Waals surface area contributed by atoms with Crippen LogP contribution in [0.2, 0.25) is 0 Å². The number of nitrogens with zero attached hydrogens (tertiary/aromatic N) is 2. The van der Waals surface area contributed by atoms with Gasteiger partial charge < -0.3 is 14.1 Å². The fraction of sp³-hybridized carbons (Fsp3) is 0.0909. The minimum atomic E-state index is -1.27. The molecule has 2 heterocycles. The third kappa shape index (κ3) is 2.37. The van der Waals surface area contributed by atoms with Gasteiger partial charge >= 0.3 is 17.2 Å². The molecule has 2 rings (SSSR count). The van der Waals surface area contributed by atoms with Gasteiger partial charge in [-0.3, -0.25) is 14.9 Å². The van der Waals surface area contributed by atoms with Crippen molar-refractivity contribution in [2.75, 3.05) is 0 Å². The van der Waals surface area contributed by atoms with Gasteiger partial charge in [0.25, 0.3) is 0 Å².